The summed E-state index contributed by atoms with van der Waals surface area (Å²) in [7, 11) is 0. The van der Waals surface area contributed by atoms with Gasteiger partial charge >= 0.3 is 0 Å². The number of ether oxygens (including phenoxy) is 1. The summed E-state index contributed by atoms with van der Waals surface area (Å²) in [4.78, 5) is 0. The van der Waals surface area contributed by atoms with Gasteiger partial charge in [-0.2, -0.15) is 0 Å². The van der Waals surface area contributed by atoms with Crippen molar-refractivity contribution in [2.45, 2.75) is 24.6 Å². The number of rotatable bonds is 5. The second kappa shape index (κ2) is 5.66. The van der Waals surface area contributed by atoms with Crippen LogP contribution in [0.5, 0.6) is 11.5 Å². The van der Waals surface area contributed by atoms with Crippen molar-refractivity contribution in [2.75, 3.05) is 0 Å². The molecule has 1 atom stereocenters. The first-order valence-electron chi connectivity index (χ1n) is 6.78. The maximum absolute atomic E-state index is 6.41. The lowest BCUT2D eigenvalue weighted by Gasteiger charge is -2.10. The Morgan fingerprint density at radius 3 is 2.21 bits per heavy atom. The van der Waals surface area contributed by atoms with Gasteiger partial charge in [0.15, 0.2) is 0 Å². The maximum Gasteiger partial charge on any atom is 0.127 e. The third-order valence-corrected chi connectivity index (χ3v) is 3.89. The Labute approximate surface area is 119 Å². The van der Waals surface area contributed by atoms with E-state index in [2.05, 4.69) is 12.1 Å². The Balaban J connectivity index is 1.64. The van der Waals surface area contributed by atoms with Gasteiger partial charge in [-0.05, 0) is 42.2 Å². The summed E-state index contributed by atoms with van der Waals surface area (Å²) in [5.74, 6) is 2.56. The van der Waals surface area contributed by atoms with E-state index in [0.29, 0.717) is 0 Å². The first-order valence-corrected chi connectivity index (χ1v) is 7.22. The largest absolute Gasteiger partial charge is 0.457 e. The van der Waals surface area contributed by atoms with Crippen molar-refractivity contribution in [3.63, 3.8) is 0 Å². The minimum Gasteiger partial charge on any atom is -0.457 e. The van der Waals surface area contributed by atoms with Gasteiger partial charge in [-0.15, -0.1) is 11.6 Å². The fourth-order valence-electron chi connectivity index (χ4n) is 2.15. The number of benzene rings is 2. The van der Waals surface area contributed by atoms with Crippen LogP contribution in [0.2, 0.25) is 0 Å². The molecule has 0 aliphatic heterocycles. The van der Waals surface area contributed by atoms with E-state index in [9.17, 15) is 0 Å². The lowest BCUT2D eigenvalue weighted by Crippen LogP contribution is -1.92. The Morgan fingerprint density at radius 2 is 1.58 bits per heavy atom. The van der Waals surface area contributed by atoms with E-state index in [1.165, 1.54) is 18.4 Å². The van der Waals surface area contributed by atoms with Gasteiger partial charge in [0.2, 0.25) is 0 Å². The van der Waals surface area contributed by atoms with E-state index in [0.717, 1.165) is 23.8 Å². The van der Waals surface area contributed by atoms with Gasteiger partial charge in [0.25, 0.3) is 0 Å². The first kappa shape index (κ1) is 12.6. The standard InChI is InChI=1S/C17H17ClO/c18-17(12-13-6-7-13)14-8-10-16(11-9-14)19-15-4-2-1-3-5-15/h1-5,8-11,13,17H,6-7,12H2. The predicted molar refractivity (Wildman–Crippen MR) is 78.9 cm³/mol. The van der Waals surface area contributed by atoms with Crippen molar-refractivity contribution in [1.82, 2.24) is 0 Å². The van der Waals surface area contributed by atoms with Gasteiger partial charge in [-0.1, -0.05) is 43.2 Å². The van der Waals surface area contributed by atoms with Crippen LogP contribution in [0, 0.1) is 5.92 Å². The van der Waals surface area contributed by atoms with Gasteiger partial charge in [0.05, 0.1) is 5.38 Å². The Hall–Kier alpha value is -1.47. The van der Waals surface area contributed by atoms with Crippen molar-refractivity contribution in [2.24, 2.45) is 5.92 Å². The number of halogens is 1. The fraction of sp³-hybridized carbons (Fsp3) is 0.294. The lowest BCUT2D eigenvalue weighted by molar-refractivity contribution is 0.482. The van der Waals surface area contributed by atoms with Crippen LogP contribution in [0.15, 0.2) is 54.6 Å². The summed E-state index contributed by atoms with van der Waals surface area (Å²) in [6.45, 7) is 0. The molecule has 0 N–H and O–H groups in total. The van der Waals surface area contributed by atoms with Crippen LogP contribution in [0.4, 0.5) is 0 Å². The Bertz CT molecular complexity index is 517. The molecule has 1 aliphatic carbocycles. The molecule has 1 saturated carbocycles. The monoisotopic (exact) mass is 272 g/mol. The van der Waals surface area contributed by atoms with E-state index in [1.807, 2.05) is 42.5 Å². The number of para-hydroxylation sites is 1. The molecule has 0 radical (unpaired) electrons. The molecule has 2 aromatic rings. The molecule has 1 unspecified atom stereocenters. The van der Waals surface area contributed by atoms with Crippen LogP contribution in [0.3, 0.4) is 0 Å². The van der Waals surface area contributed by atoms with Crippen LogP contribution in [-0.4, -0.2) is 0 Å². The third kappa shape index (κ3) is 3.51. The van der Waals surface area contributed by atoms with Gasteiger partial charge in [-0.25, -0.2) is 0 Å². The van der Waals surface area contributed by atoms with E-state index in [4.69, 9.17) is 16.3 Å². The van der Waals surface area contributed by atoms with Crippen LogP contribution in [-0.2, 0) is 0 Å². The molecule has 0 aromatic heterocycles. The highest BCUT2D eigenvalue weighted by atomic mass is 35.5. The lowest BCUT2D eigenvalue weighted by atomic mass is 10.1. The number of hydrogen-bond acceptors (Lipinski definition) is 1. The zero-order valence-corrected chi connectivity index (χ0v) is 11.5. The van der Waals surface area contributed by atoms with Gasteiger partial charge in [0.1, 0.15) is 11.5 Å². The van der Waals surface area contributed by atoms with E-state index < -0.39 is 0 Å². The zero-order valence-electron chi connectivity index (χ0n) is 10.8. The molecule has 0 bridgehead atoms. The molecule has 0 amide bonds. The van der Waals surface area contributed by atoms with Crippen molar-refractivity contribution >= 4 is 11.6 Å². The molecule has 19 heavy (non-hydrogen) atoms. The molecule has 98 valence electrons. The minimum absolute atomic E-state index is 0.137. The van der Waals surface area contributed by atoms with E-state index >= 15 is 0 Å². The summed E-state index contributed by atoms with van der Waals surface area (Å²) in [5, 5.41) is 0.137. The summed E-state index contributed by atoms with van der Waals surface area (Å²) >= 11 is 6.41. The maximum atomic E-state index is 6.41. The molecule has 1 fully saturated rings. The molecule has 1 aliphatic rings. The molecular formula is C17H17ClO. The van der Waals surface area contributed by atoms with Crippen molar-refractivity contribution in [3.05, 3.63) is 60.2 Å². The third-order valence-electron chi connectivity index (χ3n) is 3.46. The molecule has 0 saturated heterocycles. The van der Waals surface area contributed by atoms with E-state index in [-0.39, 0.29) is 5.38 Å². The minimum atomic E-state index is 0.137. The summed E-state index contributed by atoms with van der Waals surface area (Å²) in [6, 6.07) is 17.9. The molecule has 0 spiro atoms. The second-order valence-corrected chi connectivity index (χ2v) is 5.66. The molecule has 1 nitrogen and oxygen atoms in total. The average molecular weight is 273 g/mol. The number of alkyl halides is 1. The van der Waals surface area contributed by atoms with Crippen LogP contribution >= 0.6 is 11.6 Å². The zero-order chi connectivity index (χ0) is 13.1. The Kier molecular flexibility index (Phi) is 3.74. The second-order valence-electron chi connectivity index (χ2n) is 5.13. The topological polar surface area (TPSA) is 9.23 Å². The molecule has 0 heterocycles. The predicted octanol–water partition coefficient (Wildman–Crippen LogP) is 5.56. The first-order chi connectivity index (χ1) is 9.31. The summed E-state index contributed by atoms with van der Waals surface area (Å²) < 4.78 is 5.76. The van der Waals surface area contributed by atoms with Crippen molar-refractivity contribution in [1.29, 1.82) is 0 Å². The van der Waals surface area contributed by atoms with E-state index in [1.54, 1.807) is 0 Å². The smallest absolute Gasteiger partial charge is 0.127 e. The fourth-order valence-corrected chi connectivity index (χ4v) is 2.55. The van der Waals surface area contributed by atoms with Gasteiger partial charge in [0, 0.05) is 0 Å². The van der Waals surface area contributed by atoms with Crippen LogP contribution in [0.25, 0.3) is 0 Å². The quantitative estimate of drug-likeness (QED) is 0.648. The summed E-state index contributed by atoms with van der Waals surface area (Å²) in [6.07, 6.45) is 3.79. The molecule has 2 aromatic carbocycles. The Morgan fingerprint density at radius 1 is 0.947 bits per heavy atom. The molecule has 2 heteroatoms. The molecular weight excluding hydrogens is 256 g/mol. The number of hydrogen-bond donors (Lipinski definition) is 0. The van der Waals surface area contributed by atoms with Crippen molar-refractivity contribution in [3.8, 4) is 11.5 Å². The van der Waals surface area contributed by atoms with Crippen LogP contribution < -0.4 is 4.74 Å². The van der Waals surface area contributed by atoms with Crippen molar-refractivity contribution < 1.29 is 4.74 Å². The highest BCUT2D eigenvalue weighted by Gasteiger charge is 2.25. The van der Waals surface area contributed by atoms with Gasteiger partial charge < -0.3 is 4.74 Å². The van der Waals surface area contributed by atoms with Gasteiger partial charge in [-0.3, -0.25) is 0 Å². The average Bonchev–Trinajstić information content (AvgIpc) is 3.25. The highest BCUT2D eigenvalue weighted by Crippen LogP contribution is 2.40. The summed E-state index contributed by atoms with van der Waals surface area (Å²) in [5.41, 5.74) is 1.19. The SMILES string of the molecule is ClC(CC1CC1)c1ccc(Oc2ccccc2)cc1. The molecule has 3 rings (SSSR count). The normalized spacial score (nSPS) is 16.1. The highest BCUT2D eigenvalue weighted by molar-refractivity contribution is 6.20. The van der Waals surface area contributed by atoms with Crippen LogP contribution in [0.1, 0.15) is 30.2 Å².